The maximum absolute atomic E-state index is 13.9. The summed E-state index contributed by atoms with van der Waals surface area (Å²) in [7, 11) is 2.14. The molecule has 5 rings (SSSR count). The van der Waals surface area contributed by atoms with Gasteiger partial charge in [0.1, 0.15) is 17.3 Å². The second-order valence-corrected chi connectivity index (χ2v) is 7.38. The summed E-state index contributed by atoms with van der Waals surface area (Å²) in [6.07, 6.45) is 5.85. The molecule has 2 aliphatic heterocycles. The number of fused-ring (bicyclic) bond motifs is 3. The van der Waals surface area contributed by atoms with E-state index in [1.165, 1.54) is 18.3 Å². The first-order valence-electron chi connectivity index (χ1n) is 9.23. The molecule has 28 heavy (non-hydrogen) atoms. The van der Waals surface area contributed by atoms with Gasteiger partial charge in [-0.3, -0.25) is 14.7 Å². The molecular weight excluding hydrogens is 359 g/mol. The molecule has 8 heteroatoms. The Hall–Kier alpha value is -3.13. The molecule has 7 nitrogen and oxygen atoms in total. The van der Waals surface area contributed by atoms with Crippen LogP contribution in [-0.4, -0.2) is 58.0 Å². The Morgan fingerprint density at radius 3 is 2.79 bits per heavy atom. The first-order valence-corrected chi connectivity index (χ1v) is 9.23. The largest absolute Gasteiger partial charge is 0.349 e. The summed E-state index contributed by atoms with van der Waals surface area (Å²) >= 11 is 0. The van der Waals surface area contributed by atoms with Crippen LogP contribution in [0.15, 0.2) is 42.9 Å². The number of hydrogen-bond acceptors (Lipinski definition) is 6. The predicted molar refractivity (Wildman–Crippen MR) is 104 cm³/mol. The topological polar surface area (TPSA) is 74.2 Å². The molecule has 2 atom stereocenters. The summed E-state index contributed by atoms with van der Waals surface area (Å²) < 4.78 is 13.9. The van der Waals surface area contributed by atoms with Crippen molar-refractivity contribution < 1.29 is 9.18 Å². The number of benzene rings is 1. The van der Waals surface area contributed by atoms with Crippen molar-refractivity contribution in [2.24, 2.45) is 0 Å². The van der Waals surface area contributed by atoms with Gasteiger partial charge in [-0.2, -0.15) is 0 Å². The van der Waals surface area contributed by atoms with Gasteiger partial charge in [0.15, 0.2) is 0 Å². The fraction of sp³-hybridized carbons (Fsp3) is 0.300. The predicted octanol–water partition coefficient (Wildman–Crippen LogP) is 2.31. The molecule has 2 fully saturated rings. The lowest BCUT2D eigenvalue weighted by atomic mass is 10.2. The van der Waals surface area contributed by atoms with Crippen molar-refractivity contribution in [3.8, 4) is 0 Å². The lowest BCUT2D eigenvalue weighted by Gasteiger charge is -2.32. The summed E-state index contributed by atoms with van der Waals surface area (Å²) in [6.45, 7) is 1.95. The van der Waals surface area contributed by atoms with E-state index in [0.29, 0.717) is 28.7 Å². The van der Waals surface area contributed by atoms with Gasteiger partial charge >= 0.3 is 0 Å². The first kappa shape index (κ1) is 17.0. The van der Waals surface area contributed by atoms with Crippen molar-refractivity contribution >= 4 is 28.3 Å². The van der Waals surface area contributed by atoms with Gasteiger partial charge in [-0.1, -0.05) is 6.07 Å². The number of nitrogens with one attached hydrogen (secondary N) is 1. The number of piperazine rings is 1. The van der Waals surface area contributed by atoms with E-state index < -0.39 is 11.7 Å². The molecule has 142 valence electrons. The van der Waals surface area contributed by atoms with Gasteiger partial charge in [0, 0.05) is 36.8 Å². The fourth-order valence-corrected chi connectivity index (χ4v) is 4.17. The van der Waals surface area contributed by atoms with Crippen LogP contribution in [0.4, 0.5) is 15.9 Å². The minimum absolute atomic E-state index is 0.179. The summed E-state index contributed by atoms with van der Waals surface area (Å²) in [5.74, 6) is -0.0967. The van der Waals surface area contributed by atoms with E-state index in [-0.39, 0.29) is 5.69 Å². The monoisotopic (exact) mass is 378 g/mol. The quantitative estimate of drug-likeness (QED) is 0.754. The average molecular weight is 378 g/mol. The Balaban J connectivity index is 1.35. The molecule has 1 N–H and O–H groups in total. The average Bonchev–Trinajstić information content (AvgIpc) is 3.27. The number of carbonyl (C=O) groups excluding carboxylic acids is 1. The van der Waals surface area contributed by atoms with Crippen molar-refractivity contribution in [2.45, 2.75) is 18.5 Å². The number of rotatable bonds is 3. The number of likely N-dealkylation sites (N-methyl/N-ethyl adjacent to an activating group) is 1. The Morgan fingerprint density at radius 2 is 2.07 bits per heavy atom. The van der Waals surface area contributed by atoms with Crippen molar-refractivity contribution in [3.05, 3.63) is 54.4 Å². The molecule has 0 saturated carbocycles. The van der Waals surface area contributed by atoms with Crippen LogP contribution < -0.4 is 10.2 Å². The number of amides is 1. The lowest BCUT2D eigenvalue weighted by molar-refractivity contribution is 0.102. The van der Waals surface area contributed by atoms with Crippen LogP contribution in [0.5, 0.6) is 0 Å². The van der Waals surface area contributed by atoms with Crippen LogP contribution >= 0.6 is 0 Å². The molecule has 3 aromatic rings. The third-order valence-corrected chi connectivity index (χ3v) is 5.60. The second kappa shape index (κ2) is 6.49. The first-order chi connectivity index (χ1) is 13.6. The molecular formula is C20H19FN6O. The molecule has 1 aromatic carbocycles. The highest BCUT2D eigenvalue weighted by atomic mass is 19.1. The number of anilines is 2. The van der Waals surface area contributed by atoms with Crippen LogP contribution in [0.2, 0.25) is 0 Å². The van der Waals surface area contributed by atoms with E-state index in [1.54, 1.807) is 24.5 Å². The zero-order valence-corrected chi connectivity index (χ0v) is 15.3. The van der Waals surface area contributed by atoms with E-state index >= 15 is 0 Å². The Kier molecular flexibility index (Phi) is 3.94. The Labute approximate surface area is 161 Å². The zero-order valence-electron chi connectivity index (χ0n) is 15.3. The number of carbonyl (C=O) groups is 1. The molecule has 0 aliphatic carbocycles. The number of nitrogens with zero attached hydrogens (tertiary/aromatic N) is 5. The van der Waals surface area contributed by atoms with Crippen molar-refractivity contribution in [1.29, 1.82) is 0 Å². The molecule has 0 spiro atoms. The zero-order chi connectivity index (χ0) is 19.3. The van der Waals surface area contributed by atoms with E-state index in [0.717, 1.165) is 25.3 Å². The molecule has 2 bridgehead atoms. The summed E-state index contributed by atoms with van der Waals surface area (Å²) in [4.78, 5) is 30.2. The summed E-state index contributed by atoms with van der Waals surface area (Å²) in [6, 6.07) is 7.12. The van der Waals surface area contributed by atoms with Crippen LogP contribution in [0.3, 0.4) is 0 Å². The van der Waals surface area contributed by atoms with Gasteiger partial charge in [-0.15, -0.1) is 0 Å². The molecule has 2 aromatic heterocycles. The molecule has 2 unspecified atom stereocenters. The van der Waals surface area contributed by atoms with Gasteiger partial charge in [0.2, 0.25) is 0 Å². The third-order valence-electron chi connectivity index (χ3n) is 5.60. The van der Waals surface area contributed by atoms with Crippen molar-refractivity contribution in [1.82, 2.24) is 19.9 Å². The van der Waals surface area contributed by atoms with Crippen LogP contribution in [0.1, 0.15) is 16.9 Å². The molecule has 0 radical (unpaired) electrons. The molecule has 1 amide bonds. The van der Waals surface area contributed by atoms with E-state index in [1.807, 2.05) is 0 Å². The van der Waals surface area contributed by atoms with E-state index in [2.05, 4.69) is 37.1 Å². The number of likely N-dealkylation sites (tertiary alicyclic amines) is 1. The molecule has 2 aliphatic rings. The number of pyridine rings is 1. The minimum Gasteiger partial charge on any atom is -0.349 e. The van der Waals surface area contributed by atoms with Crippen LogP contribution in [0, 0.1) is 5.82 Å². The fourth-order valence-electron chi connectivity index (χ4n) is 4.17. The highest BCUT2D eigenvalue weighted by Crippen LogP contribution is 2.32. The number of hydrogen-bond donors (Lipinski definition) is 1. The summed E-state index contributed by atoms with van der Waals surface area (Å²) in [5.41, 5.74) is 1.02. The molecule has 2 saturated heterocycles. The van der Waals surface area contributed by atoms with Gasteiger partial charge in [-0.05, 0) is 31.7 Å². The summed E-state index contributed by atoms with van der Waals surface area (Å²) in [5, 5.41) is 3.32. The van der Waals surface area contributed by atoms with Gasteiger partial charge in [0.25, 0.3) is 5.91 Å². The van der Waals surface area contributed by atoms with Crippen LogP contribution in [0.25, 0.3) is 10.9 Å². The lowest BCUT2D eigenvalue weighted by Crippen LogP contribution is -2.44. The smallest absolute Gasteiger partial charge is 0.275 e. The maximum atomic E-state index is 13.9. The van der Waals surface area contributed by atoms with Gasteiger partial charge in [0.05, 0.1) is 23.6 Å². The van der Waals surface area contributed by atoms with Crippen molar-refractivity contribution in [3.63, 3.8) is 0 Å². The van der Waals surface area contributed by atoms with Crippen LogP contribution in [-0.2, 0) is 0 Å². The highest BCUT2D eigenvalue weighted by Gasteiger charge is 2.42. The van der Waals surface area contributed by atoms with E-state index in [4.69, 9.17) is 0 Å². The highest BCUT2D eigenvalue weighted by molar-refractivity contribution is 6.07. The Morgan fingerprint density at radius 1 is 1.18 bits per heavy atom. The Bertz CT molecular complexity index is 1050. The normalized spacial score (nSPS) is 21.4. The van der Waals surface area contributed by atoms with E-state index in [9.17, 15) is 9.18 Å². The standard InChI is InChI=1S/C20H19FN6O/c1-26-10-15-7-14(26)11-27(15)18-9-23-17(8-24-18)20(28)25-16-6-13(21)5-12-3-2-4-22-19(12)16/h2-6,8-9,14-15H,7,10-11H2,1H3,(H,25,28). The van der Waals surface area contributed by atoms with Crippen molar-refractivity contribution in [2.75, 3.05) is 30.4 Å². The minimum atomic E-state index is -0.445. The number of halogens is 1. The number of aromatic nitrogens is 3. The maximum Gasteiger partial charge on any atom is 0.275 e. The second-order valence-electron chi connectivity index (χ2n) is 7.38. The van der Waals surface area contributed by atoms with Gasteiger partial charge in [-0.25, -0.2) is 14.4 Å². The van der Waals surface area contributed by atoms with Gasteiger partial charge < -0.3 is 10.2 Å². The SMILES string of the molecule is CN1CC2CC1CN2c1cnc(C(=O)Nc2cc(F)cc3cccnc23)cn1. The molecule has 4 heterocycles. The third kappa shape index (κ3) is 2.86.